The van der Waals surface area contributed by atoms with Gasteiger partial charge in [-0.25, -0.2) is 0 Å². The van der Waals surface area contributed by atoms with E-state index in [-0.39, 0.29) is 0 Å². The summed E-state index contributed by atoms with van der Waals surface area (Å²) in [7, 11) is 0. The van der Waals surface area contributed by atoms with Gasteiger partial charge in [0.15, 0.2) is 0 Å². The van der Waals surface area contributed by atoms with Gasteiger partial charge < -0.3 is 0 Å². The van der Waals surface area contributed by atoms with Crippen LogP contribution < -0.4 is 0 Å². The summed E-state index contributed by atoms with van der Waals surface area (Å²) in [5.41, 5.74) is 11.9. The first-order chi connectivity index (χ1) is 21.4. The molecule has 2 heteroatoms. The van der Waals surface area contributed by atoms with Gasteiger partial charge in [0.1, 0.15) is 0 Å². The second kappa shape index (κ2) is 10.2. The van der Waals surface area contributed by atoms with E-state index < -0.39 is 23.7 Å². The molecule has 2 unspecified atom stereocenters. The number of rotatable bonds is 5. The molecule has 0 bridgehead atoms. The van der Waals surface area contributed by atoms with Crippen LogP contribution in [0.1, 0.15) is 40.7 Å². The van der Waals surface area contributed by atoms with E-state index in [0.29, 0.717) is 7.35 Å². The van der Waals surface area contributed by atoms with Gasteiger partial charge in [-0.15, -0.1) is 0 Å². The molecule has 0 N–H and O–H groups in total. The fourth-order valence-electron chi connectivity index (χ4n) is 8.86. The first kappa shape index (κ1) is 27.9. The molecule has 2 aliphatic carbocycles. The van der Waals surface area contributed by atoms with Crippen LogP contribution >= 0.6 is 0 Å². The van der Waals surface area contributed by atoms with E-state index in [1.165, 1.54) is 43.8 Å². The number of hydrogen-bond acceptors (Lipinski definition) is 0. The van der Waals surface area contributed by atoms with Crippen molar-refractivity contribution >= 4 is 50.8 Å². The van der Waals surface area contributed by atoms with E-state index in [9.17, 15) is 0 Å². The van der Waals surface area contributed by atoms with Crippen molar-refractivity contribution in [3.8, 4) is 0 Å². The minimum absolute atomic E-state index is 0.454. The van der Waals surface area contributed by atoms with Crippen LogP contribution in [-0.4, -0.2) is 5.98 Å². The molecule has 215 valence electrons. The quantitative estimate of drug-likeness (QED) is 0.154. The molecule has 44 heavy (non-hydrogen) atoms. The minimum atomic E-state index is -4.12. The molecule has 0 saturated heterocycles. The van der Waals surface area contributed by atoms with Crippen LogP contribution in [0.5, 0.6) is 0 Å². The van der Waals surface area contributed by atoms with Gasteiger partial charge in [0.05, 0.1) is 0 Å². The van der Waals surface area contributed by atoms with Gasteiger partial charge in [-0.3, -0.25) is 0 Å². The molecule has 0 heterocycles. The summed E-state index contributed by atoms with van der Waals surface area (Å²) in [5.74, 6) is -1.25. The molecule has 0 aliphatic heterocycles. The average molecular weight is 750 g/mol. The van der Waals surface area contributed by atoms with Gasteiger partial charge in [-0.2, -0.15) is 0 Å². The van der Waals surface area contributed by atoms with E-state index in [0.717, 1.165) is 0 Å². The molecule has 6 aromatic carbocycles. The van der Waals surface area contributed by atoms with E-state index in [2.05, 4.69) is 168 Å². The van der Waals surface area contributed by atoms with Crippen molar-refractivity contribution < 1.29 is 17.7 Å². The Labute approximate surface area is 263 Å². The molecule has 0 nitrogen and oxygen atoms in total. The summed E-state index contributed by atoms with van der Waals surface area (Å²) in [4.78, 5) is 0. The van der Waals surface area contributed by atoms with Crippen molar-refractivity contribution in [1.29, 1.82) is 0 Å². The van der Waals surface area contributed by atoms with Crippen molar-refractivity contribution in [3.05, 3.63) is 167 Å². The van der Waals surface area contributed by atoms with E-state index in [4.69, 9.17) is 0 Å². The Morgan fingerprint density at radius 3 is 1.30 bits per heavy atom. The molecule has 2 atom stereocenters. The van der Waals surface area contributed by atoms with Crippen LogP contribution in [0, 0.1) is 0 Å². The van der Waals surface area contributed by atoms with Crippen molar-refractivity contribution in [2.24, 2.45) is 0 Å². The molecule has 0 aromatic heterocycles. The maximum absolute atomic E-state index is 4.12. The number of benzene rings is 6. The monoisotopic (exact) mass is 751 g/mol. The van der Waals surface area contributed by atoms with Crippen LogP contribution in [0.25, 0.3) is 44.8 Å². The number of allylic oxidation sites excluding steroid dienone is 2. The molecule has 8 rings (SSSR count). The molecule has 0 amide bonds. The Morgan fingerprint density at radius 1 is 0.455 bits per heavy atom. The van der Waals surface area contributed by atoms with Gasteiger partial charge >= 0.3 is 265 Å². The van der Waals surface area contributed by atoms with E-state index in [1.54, 1.807) is 22.3 Å². The summed E-state index contributed by atoms with van der Waals surface area (Å²) in [6.07, 6.45) is 5.15. The second-order valence-corrected chi connectivity index (χ2v) is 67.7. The molecule has 0 radical (unpaired) electrons. The van der Waals surface area contributed by atoms with Gasteiger partial charge in [-0.05, 0) is 0 Å². The summed E-state index contributed by atoms with van der Waals surface area (Å²) in [6.45, 7) is 5.39. The number of hydrogen-bond donors (Lipinski definition) is 0. The summed E-state index contributed by atoms with van der Waals surface area (Å²) in [6, 6.07) is 50.6. The second-order valence-electron chi connectivity index (χ2n) is 14.3. The Morgan fingerprint density at radius 2 is 0.841 bits per heavy atom. The third-order valence-electron chi connectivity index (χ3n) is 11.7. The van der Waals surface area contributed by atoms with Crippen LogP contribution in [0.2, 0.25) is 22.5 Å². The zero-order valence-electron chi connectivity index (χ0n) is 26.1. The zero-order valence-corrected chi connectivity index (χ0v) is 30.8. The Kier molecular flexibility index (Phi) is 6.49. The molecule has 2 aliphatic rings. The van der Waals surface area contributed by atoms with Gasteiger partial charge in [0.2, 0.25) is 0 Å². The molecule has 0 fully saturated rings. The maximum atomic E-state index is 2.88. The van der Waals surface area contributed by atoms with Crippen molar-refractivity contribution in [2.75, 3.05) is 0 Å². The van der Waals surface area contributed by atoms with Crippen LogP contribution in [0.3, 0.4) is 0 Å². The van der Waals surface area contributed by atoms with Crippen LogP contribution in [0.4, 0.5) is 0 Å². The molecular weight excluding hydrogens is 711 g/mol. The third kappa shape index (κ3) is 3.97. The first-order valence-corrected chi connectivity index (χ1v) is 36.6. The van der Waals surface area contributed by atoms with E-state index >= 15 is 0 Å². The predicted molar refractivity (Wildman–Crippen MR) is 193 cm³/mol. The van der Waals surface area contributed by atoms with Crippen molar-refractivity contribution in [3.63, 3.8) is 0 Å². The summed E-state index contributed by atoms with van der Waals surface area (Å²) >= 11 is -4.12. The Bertz CT molecular complexity index is 2010. The zero-order chi connectivity index (χ0) is 30.1. The summed E-state index contributed by atoms with van der Waals surface area (Å²) < 4.78 is 6.67. The fourth-order valence-corrected chi connectivity index (χ4v) is 49.3. The molecule has 0 saturated carbocycles. The van der Waals surface area contributed by atoms with Crippen LogP contribution in [0.15, 0.2) is 133 Å². The van der Waals surface area contributed by atoms with Gasteiger partial charge in [0, 0.05) is 0 Å². The van der Waals surface area contributed by atoms with E-state index in [1.807, 2.05) is 0 Å². The standard InChI is InChI=1S/2C19H13.C2H7Si.2CH3.Hf/c2*1-2-8-16-13-17(12-15(16)7-1)19-11-5-9-14-6-3-4-10-18(14)19;1-3-2;;;/h2*1-13H;3H,1-2H3;2*1H3;. The Hall–Kier alpha value is -3.59. The normalized spacial score (nSPS) is 18.5. The summed E-state index contributed by atoms with van der Waals surface area (Å²) in [5, 5.41) is 5.40. The fraction of sp³-hybridized carbons (Fsp3) is 0.143. The van der Waals surface area contributed by atoms with Crippen molar-refractivity contribution in [2.45, 2.75) is 29.8 Å². The molecular formula is C42H39HfSi. The topological polar surface area (TPSA) is 0 Å². The average Bonchev–Trinajstić information content (AvgIpc) is 3.65. The first-order valence-electron chi connectivity index (χ1n) is 16.1. The van der Waals surface area contributed by atoms with Crippen molar-refractivity contribution in [1.82, 2.24) is 0 Å². The van der Waals surface area contributed by atoms with Gasteiger partial charge in [0.25, 0.3) is 0 Å². The number of fused-ring (bicyclic) bond motifs is 4. The molecule has 6 aromatic rings. The molecule has 0 spiro atoms. The predicted octanol–water partition coefficient (Wildman–Crippen LogP) is 11.7. The SMILES string of the molecule is C[SiH](C)[Hf]([CH3])([CH3])([CH]1C(c2cccc3ccccc23)=Cc2ccccc21)[CH]1C(c2cccc3ccccc23)=Cc2ccccc21. The Balaban J connectivity index is 1.44. The van der Waals surface area contributed by atoms with Crippen LogP contribution in [-0.2, 0) is 17.7 Å². The third-order valence-corrected chi connectivity index (χ3v) is 77.6. The van der Waals surface area contributed by atoms with Gasteiger partial charge in [-0.1, -0.05) is 0 Å².